The Morgan fingerprint density at radius 2 is 1.77 bits per heavy atom. The van der Waals surface area contributed by atoms with Gasteiger partial charge in [-0.05, 0) is 38.1 Å². The van der Waals surface area contributed by atoms with Crippen LogP contribution in [0.5, 0.6) is 0 Å². The van der Waals surface area contributed by atoms with Crippen molar-refractivity contribution >= 4 is 50.0 Å². The van der Waals surface area contributed by atoms with Crippen LogP contribution in [0.2, 0.25) is 5.02 Å². The molecule has 2 fully saturated rings. The molecule has 40 heavy (non-hydrogen) atoms. The Labute approximate surface area is 238 Å². The van der Waals surface area contributed by atoms with Gasteiger partial charge in [-0.1, -0.05) is 11.6 Å². The van der Waals surface area contributed by atoms with Crippen molar-refractivity contribution in [2.75, 3.05) is 62.8 Å². The van der Waals surface area contributed by atoms with Gasteiger partial charge in [0.05, 0.1) is 41.1 Å². The van der Waals surface area contributed by atoms with Crippen molar-refractivity contribution in [1.29, 1.82) is 0 Å². The minimum Gasteiger partial charge on any atom is -0.356 e. The number of likely N-dealkylation sites (N-methyl/N-ethyl adjacent to an activating group) is 1. The van der Waals surface area contributed by atoms with Crippen molar-refractivity contribution in [1.82, 2.24) is 38.7 Å². The molecule has 5 heterocycles. The van der Waals surface area contributed by atoms with Crippen LogP contribution < -0.4 is 10.2 Å². The zero-order valence-corrected chi connectivity index (χ0v) is 24.4. The molecule has 12 nitrogen and oxygen atoms in total. The molecule has 0 saturated carbocycles. The number of nitrogens with one attached hydrogen (secondary N) is 1. The van der Waals surface area contributed by atoms with Gasteiger partial charge >= 0.3 is 0 Å². The molecule has 1 N–H and O–H groups in total. The van der Waals surface area contributed by atoms with Crippen molar-refractivity contribution in [2.24, 2.45) is 7.05 Å². The van der Waals surface area contributed by atoms with E-state index in [1.54, 1.807) is 0 Å². The van der Waals surface area contributed by atoms with Crippen LogP contribution in [0.3, 0.4) is 0 Å². The standard InChI is InChI=1S/C26H33ClN10O2S/c1-33-10-12-35(13-11-33)20-6-8-36(9-7-20)25-21-5-4-19(14-23(21)32-34(25)2)30-26-28-16-22(27)24(31-26)18-15-29-37(17-18)40(3,38)39/h4-5,14-17,20H,6-13H2,1-3H3,(H,28,30,31). The first kappa shape index (κ1) is 26.9. The maximum atomic E-state index is 11.8. The number of benzene rings is 1. The fourth-order valence-corrected chi connectivity index (χ4v) is 6.36. The van der Waals surface area contributed by atoms with Crippen molar-refractivity contribution < 1.29 is 8.42 Å². The van der Waals surface area contributed by atoms with Gasteiger partial charge in [0.2, 0.25) is 5.95 Å². The first-order valence-corrected chi connectivity index (χ1v) is 15.6. The second-order valence-electron chi connectivity index (χ2n) is 10.6. The summed E-state index contributed by atoms with van der Waals surface area (Å²) >= 11 is 6.33. The van der Waals surface area contributed by atoms with E-state index in [9.17, 15) is 8.42 Å². The summed E-state index contributed by atoms with van der Waals surface area (Å²) in [5.74, 6) is 1.47. The summed E-state index contributed by atoms with van der Waals surface area (Å²) in [7, 11) is 0.688. The number of piperazine rings is 1. The van der Waals surface area contributed by atoms with Crippen LogP contribution in [0.4, 0.5) is 17.5 Å². The van der Waals surface area contributed by atoms with E-state index in [2.05, 4.69) is 48.2 Å². The van der Waals surface area contributed by atoms with E-state index in [1.165, 1.54) is 18.6 Å². The lowest BCUT2D eigenvalue weighted by Gasteiger charge is -2.42. The second-order valence-corrected chi connectivity index (χ2v) is 12.9. The van der Waals surface area contributed by atoms with E-state index in [0.29, 0.717) is 28.3 Å². The van der Waals surface area contributed by atoms with Crippen molar-refractivity contribution in [3.63, 3.8) is 0 Å². The summed E-state index contributed by atoms with van der Waals surface area (Å²) in [5.41, 5.74) is 2.52. The summed E-state index contributed by atoms with van der Waals surface area (Å²) in [4.78, 5) is 16.3. The number of nitrogens with zero attached hydrogens (tertiary/aromatic N) is 9. The van der Waals surface area contributed by atoms with Gasteiger partial charge in [0.25, 0.3) is 10.0 Å². The van der Waals surface area contributed by atoms with E-state index in [-0.39, 0.29) is 0 Å². The van der Waals surface area contributed by atoms with Gasteiger partial charge in [-0.2, -0.15) is 14.3 Å². The summed E-state index contributed by atoms with van der Waals surface area (Å²) in [6.07, 6.45) is 7.67. The predicted octanol–water partition coefficient (Wildman–Crippen LogP) is 2.65. The molecule has 212 valence electrons. The topological polar surface area (TPSA) is 117 Å². The Bertz CT molecular complexity index is 1640. The molecule has 6 rings (SSSR count). The lowest BCUT2D eigenvalue weighted by molar-refractivity contribution is 0.0981. The molecule has 2 aliphatic heterocycles. The molecule has 0 unspecified atom stereocenters. The number of halogens is 1. The third kappa shape index (κ3) is 5.38. The number of hydrogen-bond donors (Lipinski definition) is 1. The molecular weight excluding hydrogens is 552 g/mol. The Morgan fingerprint density at radius 3 is 2.48 bits per heavy atom. The molecule has 2 saturated heterocycles. The molecule has 0 amide bonds. The number of aromatic nitrogens is 6. The minimum atomic E-state index is -3.51. The normalized spacial score (nSPS) is 18.1. The Hall–Kier alpha value is -3.26. The third-order valence-corrected chi connectivity index (χ3v) is 8.95. The number of rotatable bonds is 6. The smallest absolute Gasteiger partial charge is 0.250 e. The van der Waals surface area contributed by atoms with Crippen molar-refractivity contribution in [3.05, 3.63) is 41.8 Å². The van der Waals surface area contributed by atoms with Crippen LogP contribution in [-0.4, -0.2) is 106 Å². The van der Waals surface area contributed by atoms with E-state index in [1.807, 2.05) is 23.9 Å². The second kappa shape index (κ2) is 10.6. The number of anilines is 3. The van der Waals surface area contributed by atoms with Gasteiger partial charge in [0.15, 0.2) is 0 Å². The van der Waals surface area contributed by atoms with Crippen molar-refractivity contribution in [2.45, 2.75) is 18.9 Å². The highest BCUT2D eigenvalue weighted by atomic mass is 35.5. The molecule has 0 radical (unpaired) electrons. The molecule has 0 atom stereocenters. The highest BCUT2D eigenvalue weighted by molar-refractivity contribution is 7.89. The van der Waals surface area contributed by atoms with E-state index in [4.69, 9.17) is 16.7 Å². The molecule has 4 aromatic rings. The highest BCUT2D eigenvalue weighted by Gasteiger charge is 2.28. The fraction of sp³-hybridized carbons (Fsp3) is 0.462. The van der Waals surface area contributed by atoms with Gasteiger partial charge in [0, 0.05) is 69.0 Å². The van der Waals surface area contributed by atoms with Crippen LogP contribution in [-0.2, 0) is 17.1 Å². The monoisotopic (exact) mass is 584 g/mol. The number of piperidine rings is 1. The average Bonchev–Trinajstić information content (AvgIpc) is 3.55. The van der Waals surface area contributed by atoms with Gasteiger partial charge in [-0.15, -0.1) is 0 Å². The molecule has 14 heteroatoms. The summed E-state index contributed by atoms with van der Waals surface area (Å²) in [6.45, 7) is 6.66. The Morgan fingerprint density at radius 1 is 1.02 bits per heavy atom. The van der Waals surface area contributed by atoms with Crippen LogP contribution in [0, 0.1) is 0 Å². The van der Waals surface area contributed by atoms with Crippen molar-refractivity contribution in [3.8, 4) is 11.3 Å². The average molecular weight is 585 g/mol. The van der Waals surface area contributed by atoms with Gasteiger partial charge in [0.1, 0.15) is 5.82 Å². The summed E-state index contributed by atoms with van der Waals surface area (Å²) in [5, 5.41) is 13.3. The zero-order chi connectivity index (χ0) is 28.0. The first-order chi connectivity index (χ1) is 19.2. The lowest BCUT2D eigenvalue weighted by Crippen LogP contribution is -2.52. The zero-order valence-electron chi connectivity index (χ0n) is 22.8. The molecule has 1 aromatic carbocycles. The van der Waals surface area contributed by atoms with E-state index in [0.717, 1.165) is 84.9 Å². The largest absolute Gasteiger partial charge is 0.356 e. The molecule has 3 aromatic heterocycles. The van der Waals surface area contributed by atoms with Crippen LogP contribution in [0.15, 0.2) is 36.8 Å². The number of fused-ring (bicyclic) bond motifs is 1. The van der Waals surface area contributed by atoms with Crippen LogP contribution in [0.25, 0.3) is 22.2 Å². The van der Waals surface area contributed by atoms with Gasteiger partial charge < -0.3 is 15.1 Å². The van der Waals surface area contributed by atoms with E-state index < -0.39 is 10.0 Å². The maximum absolute atomic E-state index is 11.8. The third-order valence-electron chi connectivity index (χ3n) is 7.79. The minimum absolute atomic E-state index is 0.291. The number of aryl methyl sites for hydroxylation is 1. The molecule has 2 aliphatic rings. The fourth-order valence-electron chi connectivity index (χ4n) is 5.64. The maximum Gasteiger partial charge on any atom is 0.250 e. The molecule has 0 bridgehead atoms. The Kier molecular flexibility index (Phi) is 7.15. The van der Waals surface area contributed by atoms with Gasteiger partial charge in [-0.3, -0.25) is 9.58 Å². The Balaban J connectivity index is 1.18. The predicted molar refractivity (Wildman–Crippen MR) is 157 cm³/mol. The van der Waals surface area contributed by atoms with Crippen LogP contribution >= 0.6 is 11.6 Å². The van der Waals surface area contributed by atoms with Gasteiger partial charge in [-0.25, -0.2) is 18.4 Å². The van der Waals surface area contributed by atoms with Crippen LogP contribution in [0.1, 0.15) is 12.8 Å². The molecular formula is C26H33ClN10O2S. The molecule has 0 spiro atoms. The highest BCUT2D eigenvalue weighted by Crippen LogP contribution is 2.32. The molecule has 0 aliphatic carbocycles. The number of hydrogen-bond acceptors (Lipinski definition) is 10. The first-order valence-electron chi connectivity index (χ1n) is 13.3. The summed E-state index contributed by atoms with van der Waals surface area (Å²) < 4.78 is 26.5. The summed E-state index contributed by atoms with van der Waals surface area (Å²) in [6, 6.07) is 6.71. The quantitative estimate of drug-likeness (QED) is 0.362. The SMILES string of the molecule is CN1CCN(C2CCN(c3c4ccc(Nc5ncc(Cl)c(-c6cnn(S(C)(=O)=O)c6)n5)cc4nn3C)CC2)CC1. The van der Waals surface area contributed by atoms with E-state index >= 15 is 0 Å². The lowest BCUT2D eigenvalue weighted by atomic mass is 10.0.